The van der Waals surface area contributed by atoms with Gasteiger partial charge in [-0.15, -0.1) is 11.3 Å². The van der Waals surface area contributed by atoms with E-state index in [4.69, 9.17) is 4.98 Å². The van der Waals surface area contributed by atoms with Gasteiger partial charge in [0.1, 0.15) is 0 Å². The molecule has 2 heterocycles. The Morgan fingerprint density at radius 1 is 1.43 bits per heavy atom. The van der Waals surface area contributed by atoms with Crippen LogP contribution in [0.4, 0.5) is 0 Å². The molecule has 0 radical (unpaired) electrons. The monoisotopic (exact) mass is 365 g/mol. The minimum Gasteiger partial charge on any atom is -0.314 e. The maximum atomic E-state index is 4.78. The Morgan fingerprint density at radius 3 is 3.00 bits per heavy atom. The first-order chi connectivity index (χ1) is 10.1. The summed E-state index contributed by atoms with van der Waals surface area (Å²) >= 11 is 5.18. The van der Waals surface area contributed by atoms with Gasteiger partial charge in [-0.25, -0.2) is 9.97 Å². The number of nitrogens with one attached hydrogen (secondary N) is 1. The molecule has 1 aliphatic rings. The lowest BCUT2D eigenvalue weighted by molar-refractivity contribution is 0.403. The summed E-state index contributed by atoms with van der Waals surface area (Å²) in [5, 5.41) is 3.54. The van der Waals surface area contributed by atoms with Gasteiger partial charge in [-0.1, -0.05) is 13.8 Å². The van der Waals surface area contributed by atoms with Crippen molar-refractivity contribution in [2.75, 3.05) is 6.54 Å². The minimum atomic E-state index is 0.558. The predicted octanol–water partition coefficient (Wildman–Crippen LogP) is 4.07. The third-order valence-electron chi connectivity index (χ3n) is 3.86. The third kappa shape index (κ3) is 3.71. The molecule has 0 saturated heterocycles. The zero-order valence-electron chi connectivity index (χ0n) is 12.4. The van der Waals surface area contributed by atoms with Gasteiger partial charge in [0.25, 0.3) is 0 Å². The summed E-state index contributed by atoms with van der Waals surface area (Å²) in [6, 6.07) is 4.69. The number of hydrogen-bond donors (Lipinski definition) is 1. The van der Waals surface area contributed by atoms with Gasteiger partial charge in [-0.2, -0.15) is 0 Å². The van der Waals surface area contributed by atoms with Crippen molar-refractivity contribution in [1.82, 2.24) is 15.3 Å². The lowest BCUT2D eigenvalue weighted by Gasteiger charge is -2.25. The van der Waals surface area contributed by atoms with E-state index in [9.17, 15) is 0 Å². The molecule has 0 spiro atoms. The number of aromatic nitrogens is 2. The number of nitrogens with zero attached hydrogens (tertiary/aromatic N) is 2. The van der Waals surface area contributed by atoms with Crippen molar-refractivity contribution < 1.29 is 0 Å². The van der Waals surface area contributed by atoms with Crippen molar-refractivity contribution in [3.8, 4) is 10.7 Å². The van der Waals surface area contributed by atoms with Gasteiger partial charge in [0.2, 0.25) is 0 Å². The molecule has 1 atom stereocenters. The van der Waals surface area contributed by atoms with E-state index in [1.807, 2.05) is 6.20 Å². The van der Waals surface area contributed by atoms with Crippen LogP contribution in [0, 0.1) is 5.92 Å². The van der Waals surface area contributed by atoms with Crippen LogP contribution in [-0.4, -0.2) is 22.6 Å². The lowest BCUT2D eigenvalue weighted by Crippen LogP contribution is -2.32. The van der Waals surface area contributed by atoms with Crippen molar-refractivity contribution in [2.24, 2.45) is 5.92 Å². The molecule has 1 N–H and O–H groups in total. The normalized spacial score (nSPS) is 18.0. The molecule has 112 valence electrons. The molecule has 3 nitrogen and oxygen atoms in total. The van der Waals surface area contributed by atoms with Crippen LogP contribution in [0.3, 0.4) is 0 Å². The van der Waals surface area contributed by atoms with E-state index in [2.05, 4.69) is 52.2 Å². The van der Waals surface area contributed by atoms with E-state index in [0.717, 1.165) is 33.9 Å². The molecular formula is C16H20BrN3S. The van der Waals surface area contributed by atoms with Gasteiger partial charge in [0, 0.05) is 17.9 Å². The van der Waals surface area contributed by atoms with Gasteiger partial charge in [0.05, 0.1) is 8.66 Å². The van der Waals surface area contributed by atoms with Crippen LogP contribution >= 0.6 is 27.3 Å². The fourth-order valence-electron chi connectivity index (χ4n) is 2.71. The molecule has 0 fully saturated rings. The van der Waals surface area contributed by atoms with E-state index in [1.54, 1.807) is 11.3 Å². The second-order valence-corrected chi connectivity index (χ2v) is 8.40. The second kappa shape index (κ2) is 6.55. The van der Waals surface area contributed by atoms with Crippen molar-refractivity contribution in [3.63, 3.8) is 0 Å². The van der Waals surface area contributed by atoms with Crippen molar-refractivity contribution in [2.45, 2.75) is 39.2 Å². The maximum absolute atomic E-state index is 4.78. The smallest absolute Gasteiger partial charge is 0.169 e. The largest absolute Gasteiger partial charge is 0.314 e. The van der Waals surface area contributed by atoms with E-state index < -0.39 is 0 Å². The highest BCUT2D eigenvalue weighted by Gasteiger charge is 2.21. The number of hydrogen-bond acceptors (Lipinski definition) is 4. The van der Waals surface area contributed by atoms with Crippen LogP contribution in [-0.2, 0) is 12.8 Å². The Hall–Kier alpha value is -0.780. The summed E-state index contributed by atoms with van der Waals surface area (Å²) < 4.78 is 1.12. The highest BCUT2D eigenvalue weighted by Crippen LogP contribution is 2.31. The number of halogens is 1. The molecule has 2 aromatic rings. The summed E-state index contributed by atoms with van der Waals surface area (Å²) in [6.07, 6.45) is 5.43. The van der Waals surface area contributed by atoms with Crippen molar-refractivity contribution in [1.29, 1.82) is 0 Å². The van der Waals surface area contributed by atoms with Crippen LogP contribution < -0.4 is 5.32 Å². The molecule has 0 aromatic carbocycles. The van der Waals surface area contributed by atoms with Crippen LogP contribution in [0.1, 0.15) is 31.5 Å². The maximum Gasteiger partial charge on any atom is 0.169 e. The molecule has 0 saturated carbocycles. The van der Waals surface area contributed by atoms with Gasteiger partial charge in [0.15, 0.2) is 5.82 Å². The van der Waals surface area contributed by atoms with Gasteiger partial charge >= 0.3 is 0 Å². The van der Waals surface area contributed by atoms with Gasteiger partial charge < -0.3 is 5.32 Å². The van der Waals surface area contributed by atoms with Crippen LogP contribution in [0.15, 0.2) is 22.1 Å². The Bertz CT molecular complexity index is 624. The zero-order valence-corrected chi connectivity index (χ0v) is 14.8. The van der Waals surface area contributed by atoms with Crippen LogP contribution in [0.2, 0.25) is 0 Å². The summed E-state index contributed by atoms with van der Waals surface area (Å²) in [5.74, 6) is 1.58. The van der Waals surface area contributed by atoms with Crippen LogP contribution in [0.25, 0.3) is 10.7 Å². The van der Waals surface area contributed by atoms with E-state index in [1.165, 1.54) is 17.7 Å². The number of aryl methyl sites for hydroxylation is 1. The first-order valence-corrected chi connectivity index (χ1v) is 9.06. The summed E-state index contributed by atoms with van der Waals surface area (Å²) in [7, 11) is 0. The van der Waals surface area contributed by atoms with E-state index >= 15 is 0 Å². The third-order valence-corrected chi connectivity index (χ3v) is 5.48. The molecule has 0 amide bonds. The Morgan fingerprint density at radius 2 is 2.29 bits per heavy atom. The SMILES string of the molecule is CC(C)NCC1CCc2nc(-c3ccc(Br)s3)ncc2C1. The fraction of sp³-hybridized carbons (Fsp3) is 0.500. The molecule has 5 heteroatoms. The van der Waals surface area contributed by atoms with Crippen molar-refractivity contribution in [3.05, 3.63) is 33.4 Å². The summed E-state index contributed by atoms with van der Waals surface area (Å²) in [6.45, 7) is 5.49. The highest BCUT2D eigenvalue weighted by atomic mass is 79.9. The first-order valence-electron chi connectivity index (χ1n) is 7.45. The fourth-order valence-corrected chi connectivity index (χ4v) is 4.04. The Balaban J connectivity index is 1.73. The topological polar surface area (TPSA) is 37.8 Å². The summed E-state index contributed by atoms with van der Waals surface area (Å²) in [4.78, 5) is 10.5. The molecule has 0 aliphatic heterocycles. The molecular weight excluding hydrogens is 346 g/mol. The molecule has 1 unspecified atom stereocenters. The zero-order chi connectivity index (χ0) is 14.8. The molecule has 21 heavy (non-hydrogen) atoms. The first kappa shape index (κ1) is 15.1. The average molecular weight is 366 g/mol. The number of rotatable bonds is 4. The average Bonchev–Trinajstić information content (AvgIpc) is 2.91. The number of fused-ring (bicyclic) bond motifs is 1. The van der Waals surface area contributed by atoms with Gasteiger partial charge in [-0.3, -0.25) is 0 Å². The molecule has 2 aromatic heterocycles. The van der Waals surface area contributed by atoms with E-state index in [-0.39, 0.29) is 0 Å². The number of thiophene rings is 1. The molecule has 1 aliphatic carbocycles. The summed E-state index contributed by atoms with van der Waals surface area (Å²) in [5.41, 5.74) is 2.57. The quantitative estimate of drug-likeness (QED) is 0.887. The molecule has 3 rings (SSSR count). The van der Waals surface area contributed by atoms with Crippen LogP contribution in [0.5, 0.6) is 0 Å². The Labute approximate surface area is 138 Å². The predicted molar refractivity (Wildman–Crippen MR) is 91.7 cm³/mol. The van der Waals surface area contributed by atoms with E-state index in [0.29, 0.717) is 12.0 Å². The molecule has 0 bridgehead atoms. The minimum absolute atomic E-state index is 0.558. The Kier molecular flexibility index (Phi) is 4.72. The van der Waals surface area contributed by atoms with Gasteiger partial charge in [-0.05, 0) is 65.4 Å². The lowest BCUT2D eigenvalue weighted by atomic mass is 9.87. The van der Waals surface area contributed by atoms with Crippen molar-refractivity contribution >= 4 is 27.3 Å². The standard InChI is InChI=1S/C16H20BrN3S/c1-10(2)18-8-11-3-4-13-12(7-11)9-19-16(20-13)14-5-6-15(17)21-14/h5-6,9-11,18H,3-4,7-8H2,1-2H3. The highest BCUT2D eigenvalue weighted by molar-refractivity contribution is 9.11. The second-order valence-electron chi connectivity index (χ2n) is 5.94.